The van der Waals surface area contributed by atoms with E-state index in [0.29, 0.717) is 6.42 Å². The van der Waals surface area contributed by atoms with Crippen LogP contribution in [-0.4, -0.2) is 43.5 Å². The quantitative estimate of drug-likeness (QED) is 0.581. The second-order valence-corrected chi connectivity index (χ2v) is 11.8. The molecule has 2 fully saturated rings. The van der Waals surface area contributed by atoms with Crippen molar-refractivity contribution >= 4 is 19.3 Å². The average Bonchev–Trinajstić information content (AvgIpc) is 2.69. The lowest BCUT2D eigenvalue weighted by molar-refractivity contribution is -0.205. The van der Waals surface area contributed by atoms with Gasteiger partial charge in [-0.2, -0.15) is 0 Å². The van der Waals surface area contributed by atoms with Gasteiger partial charge in [0.05, 0.1) is 6.42 Å². The normalized spacial score (nSPS) is 33.2. The first kappa shape index (κ1) is 14.8. The highest BCUT2D eigenvalue weighted by Crippen LogP contribution is 2.37. The third kappa shape index (κ3) is 3.31. The zero-order valence-electron chi connectivity index (χ0n) is 12.2. The molecule has 6 heteroatoms. The lowest BCUT2D eigenvalue weighted by Crippen LogP contribution is -2.37. The molecule has 0 aromatic heterocycles. The van der Waals surface area contributed by atoms with E-state index in [-0.39, 0.29) is 23.7 Å². The number of ether oxygens (including phenoxy) is 3. The molecular formula is C13H22O5Si. The molecule has 2 saturated heterocycles. The summed E-state index contributed by atoms with van der Waals surface area (Å²) in [6.45, 7) is 9.48. The minimum Gasteiger partial charge on any atom is -0.342 e. The maximum Gasteiger partial charge on any atom is 0.188 e. The van der Waals surface area contributed by atoms with Crippen LogP contribution in [0.3, 0.4) is 0 Å². The van der Waals surface area contributed by atoms with Crippen molar-refractivity contribution in [3.05, 3.63) is 0 Å². The Hall–Kier alpha value is -0.563. The van der Waals surface area contributed by atoms with E-state index < -0.39 is 26.3 Å². The van der Waals surface area contributed by atoms with Gasteiger partial charge in [0.25, 0.3) is 0 Å². The highest BCUT2D eigenvalue weighted by Gasteiger charge is 2.50. The van der Waals surface area contributed by atoms with E-state index in [2.05, 4.69) is 0 Å². The molecule has 0 N–H and O–H groups in total. The van der Waals surface area contributed by atoms with E-state index in [9.17, 15) is 9.59 Å². The molecule has 0 amide bonds. The second-order valence-electron chi connectivity index (χ2n) is 6.72. The van der Waals surface area contributed by atoms with Crippen molar-refractivity contribution in [3.8, 4) is 0 Å². The van der Waals surface area contributed by atoms with Gasteiger partial charge >= 0.3 is 0 Å². The summed E-state index contributed by atoms with van der Waals surface area (Å²) in [4.78, 5) is 24.0. The Kier molecular flexibility index (Phi) is 3.72. The van der Waals surface area contributed by atoms with Crippen LogP contribution in [0.15, 0.2) is 0 Å². The van der Waals surface area contributed by atoms with E-state index in [1.165, 1.54) is 0 Å². The van der Waals surface area contributed by atoms with E-state index in [1.54, 1.807) is 0 Å². The summed E-state index contributed by atoms with van der Waals surface area (Å²) in [5.74, 6) is -0.802. The third-order valence-electron chi connectivity index (χ3n) is 3.41. The number of carbonyl (C=O) groups is 2. The number of rotatable bonds is 4. The SMILES string of the molecule is CC1(C)O[C@H]2O[C@H](C(=O)CC(=O)[Si](C)(C)C)C[C@H]2O1. The third-order valence-corrected chi connectivity index (χ3v) is 5.26. The van der Waals surface area contributed by atoms with E-state index in [1.807, 2.05) is 33.5 Å². The maximum atomic E-state index is 12.1. The van der Waals surface area contributed by atoms with Gasteiger partial charge in [0.2, 0.25) is 0 Å². The van der Waals surface area contributed by atoms with Gasteiger partial charge in [0.15, 0.2) is 17.9 Å². The Morgan fingerprint density at radius 1 is 1.21 bits per heavy atom. The largest absolute Gasteiger partial charge is 0.342 e. The van der Waals surface area contributed by atoms with Crippen molar-refractivity contribution in [2.45, 2.75) is 70.6 Å². The molecule has 0 aromatic carbocycles. The first-order chi connectivity index (χ1) is 8.58. The number of hydrogen-bond acceptors (Lipinski definition) is 5. The van der Waals surface area contributed by atoms with Gasteiger partial charge < -0.3 is 19.0 Å². The van der Waals surface area contributed by atoms with Gasteiger partial charge in [-0.05, 0) is 13.8 Å². The summed E-state index contributed by atoms with van der Waals surface area (Å²) in [7, 11) is -1.90. The Labute approximate surface area is 114 Å². The van der Waals surface area contributed by atoms with Crippen LogP contribution in [-0.2, 0) is 23.8 Å². The van der Waals surface area contributed by atoms with Crippen molar-refractivity contribution in [3.63, 3.8) is 0 Å². The molecule has 0 bridgehead atoms. The predicted octanol–water partition coefficient (Wildman–Crippen LogP) is 1.66. The molecule has 0 aromatic rings. The lowest BCUT2D eigenvalue weighted by Gasteiger charge is -2.20. The van der Waals surface area contributed by atoms with Crippen LogP contribution in [0.5, 0.6) is 0 Å². The second kappa shape index (κ2) is 4.77. The van der Waals surface area contributed by atoms with Crippen LogP contribution in [0.1, 0.15) is 26.7 Å². The van der Waals surface area contributed by atoms with E-state index in [0.717, 1.165) is 0 Å². The van der Waals surface area contributed by atoms with Crippen LogP contribution in [0.4, 0.5) is 0 Å². The zero-order chi connectivity index (χ0) is 14.4. The number of Topliss-reactive ketones (excluding diaryl/α,β-unsaturated/α-hetero) is 1. The molecule has 19 heavy (non-hydrogen) atoms. The summed E-state index contributed by atoms with van der Waals surface area (Å²) >= 11 is 0. The lowest BCUT2D eigenvalue weighted by atomic mass is 10.1. The Morgan fingerprint density at radius 3 is 2.37 bits per heavy atom. The average molecular weight is 286 g/mol. The van der Waals surface area contributed by atoms with Crippen molar-refractivity contribution < 1.29 is 23.8 Å². The summed E-state index contributed by atoms with van der Waals surface area (Å²) in [5, 5.41) is 0.0697. The van der Waals surface area contributed by atoms with Crippen LogP contribution in [0, 0.1) is 0 Å². The molecule has 108 valence electrons. The summed E-state index contributed by atoms with van der Waals surface area (Å²) in [6, 6.07) is 0. The predicted molar refractivity (Wildman–Crippen MR) is 71.3 cm³/mol. The highest BCUT2D eigenvalue weighted by molar-refractivity contribution is 7.03. The standard InChI is InChI=1S/C13H22O5Si/c1-13(2)17-10-7-9(16-12(10)18-13)8(14)6-11(15)19(3,4)5/h9-10,12H,6-7H2,1-5H3/t9-,10+,12+/m0/s1. The molecule has 2 rings (SSSR count). The smallest absolute Gasteiger partial charge is 0.188 e. The molecule has 2 aliphatic heterocycles. The highest BCUT2D eigenvalue weighted by atomic mass is 28.3. The van der Waals surface area contributed by atoms with Crippen LogP contribution in [0.25, 0.3) is 0 Å². The van der Waals surface area contributed by atoms with Crippen LogP contribution in [0.2, 0.25) is 19.6 Å². The topological polar surface area (TPSA) is 61.8 Å². The number of ketones is 1. The molecule has 0 unspecified atom stereocenters. The molecule has 5 nitrogen and oxygen atoms in total. The Bertz CT molecular complexity index is 382. The van der Waals surface area contributed by atoms with Gasteiger partial charge in [-0.25, -0.2) is 0 Å². The van der Waals surface area contributed by atoms with E-state index in [4.69, 9.17) is 14.2 Å². The van der Waals surface area contributed by atoms with Gasteiger partial charge in [-0.1, -0.05) is 19.6 Å². The summed E-state index contributed by atoms with van der Waals surface area (Å²) in [6.07, 6.45) is -0.793. The minimum atomic E-state index is -1.90. The van der Waals surface area contributed by atoms with Gasteiger partial charge in [-0.3, -0.25) is 4.79 Å². The fraction of sp³-hybridized carbons (Fsp3) is 0.846. The molecule has 2 heterocycles. The molecular weight excluding hydrogens is 264 g/mol. The van der Waals surface area contributed by atoms with Crippen molar-refractivity contribution in [1.82, 2.24) is 0 Å². The van der Waals surface area contributed by atoms with Crippen molar-refractivity contribution in [1.29, 1.82) is 0 Å². The van der Waals surface area contributed by atoms with Crippen molar-refractivity contribution in [2.24, 2.45) is 0 Å². The molecule has 0 aliphatic carbocycles. The maximum absolute atomic E-state index is 12.1. The van der Waals surface area contributed by atoms with Gasteiger partial charge in [0, 0.05) is 6.42 Å². The zero-order valence-corrected chi connectivity index (χ0v) is 13.2. The van der Waals surface area contributed by atoms with Gasteiger partial charge in [0.1, 0.15) is 25.7 Å². The molecule has 0 saturated carbocycles. The molecule has 2 aliphatic rings. The van der Waals surface area contributed by atoms with Crippen molar-refractivity contribution in [2.75, 3.05) is 0 Å². The molecule has 0 radical (unpaired) electrons. The Morgan fingerprint density at radius 2 is 1.84 bits per heavy atom. The summed E-state index contributed by atoms with van der Waals surface area (Å²) in [5.41, 5.74) is 0. The monoisotopic (exact) mass is 286 g/mol. The van der Waals surface area contributed by atoms with Crippen LogP contribution < -0.4 is 0 Å². The molecule has 0 spiro atoms. The minimum absolute atomic E-state index is 0.0246. The fourth-order valence-corrected chi connectivity index (χ4v) is 2.96. The molecule has 3 atom stereocenters. The number of carbonyl (C=O) groups excluding carboxylic acids is 2. The van der Waals surface area contributed by atoms with Gasteiger partial charge in [-0.15, -0.1) is 0 Å². The fourth-order valence-electron chi connectivity index (χ4n) is 2.25. The van der Waals surface area contributed by atoms with Crippen LogP contribution >= 0.6 is 0 Å². The number of fused-ring (bicyclic) bond motifs is 1. The number of hydrogen-bond donors (Lipinski definition) is 0. The first-order valence-electron chi connectivity index (χ1n) is 6.65. The van der Waals surface area contributed by atoms with E-state index >= 15 is 0 Å². The first-order valence-corrected chi connectivity index (χ1v) is 10.2. The Balaban J connectivity index is 1.90. The summed E-state index contributed by atoms with van der Waals surface area (Å²) < 4.78 is 16.8.